The predicted molar refractivity (Wildman–Crippen MR) is 87.0 cm³/mol. The molecule has 3 nitrogen and oxygen atoms in total. The molecule has 1 atom stereocenters. The second-order valence-electron chi connectivity index (χ2n) is 6.57. The Morgan fingerprint density at radius 3 is 2.30 bits per heavy atom. The van der Waals surface area contributed by atoms with Crippen molar-refractivity contribution in [1.82, 2.24) is 4.90 Å². The Hall–Kier alpha value is -0.830. The van der Waals surface area contributed by atoms with Crippen LogP contribution >= 0.6 is 0 Å². The summed E-state index contributed by atoms with van der Waals surface area (Å²) in [6, 6.07) is 0. The number of hydrogen-bond donors (Lipinski definition) is 1. The van der Waals surface area contributed by atoms with Crippen LogP contribution in [0.2, 0.25) is 0 Å². The van der Waals surface area contributed by atoms with Crippen LogP contribution in [-0.4, -0.2) is 44.5 Å². The highest BCUT2D eigenvalue weighted by Gasteiger charge is 2.11. The summed E-state index contributed by atoms with van der Waals surface area (Å²) in [5.41, 5.74) is 1.40. The smallest absolute Gasteiger partial charge is 0.219 e. The van der Waals surface area contributed by atoms with Gasteiger partial charge in [-0.05, 0) is 39.0 Å². The predicted octanol–water partition coefficient (Wildman–Crippen LogP) is 2.14. The van der Waals surface area contributed by atoms with Crippen LogP contribution in [0.1, 0.15) is 53.4 Å². The van der Waals surface area contributed by atoms with Gasteiger partial charge >= 0.3 is 0 Å². The fraction of sp³-hybridized carbons (Fsp3) is 0.824. The van der Waals surface area contributed by atoms with E-state index in [-0.39, 0.29) is 5.91 Å². The SMILES string of the molecule is CC(=O)N(CCC[NH+](C)C)CC[C@H](C)CCC=C(C)C. The normalized spacial score (nSPS) is 12.3. The maximum atomic E-state index is 11.6. The molecule has 20 heavy (non-hydrogen) atoms. The number of quaternary nitrogens is 1. The Balaban J connectivity index is 3.95. The van der Waals surface area contributed by atoms with E-state index in [0.29, 0.717) is 5.92 Å². The first kappa shape index (κ1) is 19.2. The van der Waals surface area contributed by atoms with Gasteiger partial charge in [-0.15, -0.1) is 0 Å². The van der Waals surface area contributed by atoms with Crippen molar-refractivity contribution in [3.8, 4) is 0 Å². The lowest BCUT2D eigenvalue weighted by Crippen LogP contribution is -3.05. The summed E-state index contributed by atoms with van der Waals surface area (Å²) in [6.45, 7) is 11.2. The van der Waals surface area contributed by atoms with Crippen LogP contribution in [0, 0.1) is 5.92 Å². The first-order valence-corrected chi connectivity index (χ1v) is 8.00. The van der Waals surface area contributed by atoms with Gasteiger partial charge in [-0.3, -0.25) is 4.79 Å². The molecule has 3 heteroatoms. The lowest BCUT2D eigenvalue weighted by molar-refractivity contribution is -0.858. The number of allylic oxidation sites excluding steroid dienone is 2. The molecule has 0 saturated carbocycles. The summed E-state index contributed by atoms with van der Waals surface area (Å²) in [5.74, 6) is 0.905. The number of nitrogens with one attached hydrogen (secondary N) is 1. The molecule has 0 aromatic heterocycles. The summed E-state index contributed by atoms with van der Waals surface area (Å²) in [6.07, 6.45) is 6.89. The Bertz CT molecular complexity index is 293. The van der Waals surface area contributed by atoms with Gasteiger partial charge in [0.25, 0.3) is 0 Å². The zero-order chi connectivity index (χ0) is 15.5. The summed E-state index contributed by atoms with van der Waals surface area (Å²) in [4.78, 5) is 15.1. The third kappa shape index (κ3) is 11.0. The van der Waals surface area contributed by atoms with E-state index in [0.717, 1.165) is 38.9 Å². The zero-order valence-corrected chi connectivity index (χ0v) is 14.5. The number of nitrogens with zero attached hydrogens (tertiary/aromatic N) is 1. The third-order valence-corrected chi connectivity index (χ3v) is 3.65. The fourth-order valence-electron chi connectivity index (χ4n) is 2.23. The molecule has 0 aromatic rings. The molecular formula is C17H35N2O+. The van der Waals surface area contributed by atoms with Crippen molar-refractivity contribution >= 4 is 5.91 Å². The molecule has 0 unspecified atom stereocenters. The Morgan fingerprint density at radius 1 is 1.15 bits per heavy atom. The molecule has 0 spiro atoms. The van der Waals surface area contributed by atoms with Crippen molar-refractivity contribution in [2.45, 2.75) is 53.4 Å². The summed E-state index contributed by atoms with van der Waals surface area (Å²) in [7, 11) is 4.31. The van der Waals surface area contributed by atoms with E-state index in [4.69, 9.17) is 0 Å². The van der Waals surface area contributed by atoms with E-state index < -0.39 is 0 Å². The van der Waals surface area contributed by atoms with Gasteiger partial charge in [0.2, 0.25) is 5.91 Å². The highest BCUT2D eigenvalue weighted by atomic mass is 16.2. The lowest BCUT2D eigenvalue weighted by Gasteiger charge is -2.23. The average Bonchev–Trinajstić information content (AvgIpc) is 2.32. The lowest BCUT2D eigenvalue weighted by atomic mass is 10.0. The molecule has 0 aliphatic rings. The van der Waals surface area contributed by atoms with Gasteiger partial charge in [0.05, 0.1) is 20.6 Å². The van der Waals surface area contributed by atoms with Crippen LogP contribution in [0.25, 0.3) is 0 Å². The van der Waals surface area contributed by atoms with Gasteiger partial charge in [0.15, 0.2) is 0 Å². The maximum absolute atomic E-state index is 11.6. The number of rotatable bonds is 10. The highest BCUT2D eigenvalue weighted by molar-refractivity contribution is 5.73. The van der Waals surface area contributed by atoms with Crippen molar-refractivity contribution in [2.75, 3.05) is 33.7 Å². The van der Waals surface area contributed by atoms with Crippen LogP contribution in [0.3, 0.4) is 0 Å². The fourth-order valence-corrected chi connectivity index (χ4v) is 2.23. The molecule has 0 rings (SSSR count). The summed E-state index contributed by atoms with van der Waals surface area (Å²) >= 11 is 0. The second-order valence-corrected chi connectivity index (χ2v) is 6.57. The van der Waals surface area contributed by atoms with Crippen molar-refractivity contribution in [3.63, 3.8) is 0 Å². The zero-order valence-electron chi connectivity index (χ0n) is 14.5. The Kier molecular flexibility index (Phi) is 10.4. The molecule has 1 amide bonds. The summed E-state index contributed by atoms with van der Waals surface area (Å²) in [5, 5.41) is 0. The molecule has 0 fully saturated rings. The minimum atomic E-state index is 0.218. The van der Waals surface area contributed by atoms with Crippen molar-refractivity contribution in [1.29, 1.82) is 0 Å². The molecule has 0 bridgehead atoms. The van der Waals surface area contributed by atoms with Gasteiger partial charge < -0.3 is 9.80 Å². The van der Waals surface area contributed by atoms with Crippen LogP contribution in [0.5, 0.6) is 0 Å². The van der Waals surface area contributed by atoms with E-state index in [1.54, 1.807) is 6.92 Å². The monoisotopic (exact) mass is 283 g/mol. The average molecular weight is 283 g/mol. The van der Waals surface area contributed by atoms with Crippen molar-refractivity contribution < 1.29 is 9.69 Å². The van der Waals surface area contributed by atoms with Gasteiger partial charge in [0, 0.05) is 26.4 Å². The van der Waals surface area contributed by atoms with Crippen LogP contribution in [0.15, 0.2) is 11.6 Å². The van der Waals surface area contributed by atoms with E-state index in [2.05, 4.69) is 40.9 Å². The van der Waals surface area contributed by atoms with Crippen LogP contribution in [-0.2, 0) is 4.79 Å². The second kappa shape index (κ2) is 10.9. The van der Waals surface area contributed by atoms with E-state index in [9.17, 15) is 4.79 Å². The standard InChI is InChI=1S/C17H34N2O/c1-15(2)9-7-10-16(3)11-14-19(17(4)20)13-8-12-18(5)6/h9,16H,7-8,10-14H2,1-6H3/p+1/t16-/m1/s1. The number of amides is 1. The maximum Gasteiger partial charge on any atom is 0.219 e. The highest BCUT2D eigenvalue weighted by Crippen LogP contribution is 2.12. The van der Waals surface area contributed by atoms with Crippen LogP contribution < -0.4 is 4.90 Å². The molecular weight excluding hydrogens is 248 g/mol. The van der Waals surface area contributed by atoms with Gasteiger partial charge in [-0.25, -0.2) is 0 Å². The Morgan fingerprint density at radius 2 is 1.80 bits per heavy atom. The largest absolute Gasteiger partial charge is 0.343 e. The molecule has 0 saturated heterocycles. The Labute approximate surface area is 126 Å². The third-order valence-electron chi connectivity index (χ3n) is 3.65. The summed E-state index contributed by atoms with van der Waals surface area (Å²) < 4.78 is 0. The minimum absolute atomic E-state index is 0.218. The quantitative estimate of drug-likeness (QED) is 0.611. The van der Waals surface area contributed by atoms with Crippen molar-refractivity contribution in [3.05, 3.63) is 11.6 Å². The molecule has 0 heterocycles. The van der Waals surface area contributed by atoms with Crippen LogP contribution in [0.4, 0.5) is 0 Å². The number of carbonyl (C=O) groups is 1. The van der Waals surface area contributed by atoms with Gasteiger partial charge in [0.1, 0.15) is 0 Å². The van der Waals surface area contributed by atoms with E-state index in [1.807, 2.05) is 4.90 Å². The first-order chi connectivity index (χ1) is 9.32. The van der Waals surface area contributed by atoms with Crippen molar-refractivity contribution in [2.24, 2.45) is 5.92 Å². The first-order valence-electron chi connectivity index (χ1n) is 8.00. The number of carbonyl (C=O) groups excluding carboxylic acids is 1. The molecule has 1 N–H and O–H groups in total. The minimum Gasteiger partial charge on any atom is -0.343 e. The van der Waals surface area contributed by atoms with Gasteiger partial charge in [-0.2, -0.15) is 0 Å². The topological polar surface area (TPSA) is 24.8 Å². The molecule has 118 valence electrons. The number of hydrogen-bond acceptors (Lipinski definition) is 1. The molecule has 0 aromatic carbocycles. The molecule has 0 aliphatic carbocycles. The van der Waals surface area contributed by atoms with E-state index >= 15 is 0 Å². The van der Waals surface area contributed by atoms with Gasteiger partial charge in [-0.1, -0.05) is 18.6 Å². The van der Waals surface area contributed by atoms with E-state index in [1.165, 1.54) is 16.9 Å². The molecule has 0 radical (unpaired) electrons. The molecule has 0 aliphatic heterocycles.